The summed E-state index contributed by atoms with van der Waals surface area (Å²) in [6.45, 7) is 0. The Labute approximate surface area is 120 Å². The van der Waals surface area contributed by atoms with Crippen LogP contribution in [0.5, 0.6) is 11.6 Å². The lowest BCUT2D eigenvalue weighted by Crippen LogP contribution is -1.94. The van der Waals surface area contributed by atoms with Crippen molar-refractivity contribution >= 4 is 33.2 Å². The predicted molar refractivity (Wildman–Crippen MR) is 70.1 cm³/mol. The van der Waals surface area contributed by atoms with Gasteiger partial charge in [0, 0.05) is 18.3 Å². The lowest BCUT2D eigenvalue weighted by atomic mass is 10.3. The van der Waals surface area contributed by atoms with Crippen LogP contribution in [0, 0.1) is 15.9 Å². The van der Waals surface area contributed by atoms with E-state index in [-0.39, 0.29) is 11.6 Å². The Bertz CT molecular complexity index is 654. The smallest absolute Gasteiger partial charge is 0.305 e. The van der Waals surface area contributed by atoms with E-state index >= 15 is 0 Å². The molecule has 0 aliphatic rings. The van der Waals surface area contributed by atoms with Crippen LogP contribution >= 0.6 is 27.5 Å². The Hall–Kier alpha value is -1.73. The van der Waals surface area contributed by atoms with Gasteiger partial charge in [-0.1, -0.05) is 11.6 Å². The highest BCUT2D eigenvalue weighted by Crippen LogP contribution is 2.31. The Balaban J connectivity index is 2.29. The molecule has 5 nitrogen and oxygen atoms in total. The molecule has 98 valence electrons. The van der Waals surface area contributed by atoms with Gasteiger partial charge in [0.05, 0.1) is 14.4 Å². The van der Waals surface area contributed by atoms with Crippen molar-refractivity contribution in [1.29, 1.82) is 0 Å². The quantitative estimate of drug-likeness (QED) is 0.612. The van der Waals surface area contributed by atoms with E-state index in [1.54, 1.807) is 6.07 Å². The molecule has 1 aromatic heterocycles. The van der Waals surface area contributed by atoms with Crippen LogP contribution < -0.4 is 4.74 Å². The fraction of sp³-hybridized carbons (Fsp3) is 0. The van der Waals surface area contributed by atoms with E-state index in [1.165, 1.54) is 12.3 Å². The van der Waals surface area contributed by atoms with E-state index in [9.17, 15) is 14.5 Å². The number of pyridine rings is 1. The van der Waals surface area contributed by atoms with Gasteiger partial charge in [0.15, 0.2) is 0 Å². The second kappa shape index (κ2) is 5.50. The molecule has 0 aliphatic heterocycles. The van der Waals surface area contributed by atoms with Gasteiger partial charge < -0.3 is 4.74 Å². The Morgan fingerprint density at radius 1 is 1.42 bits per heavy atom. The first-order chi connectivity index (χ1) is 8.97. The van der Waals surface area contributed by atoms with Gasteiger partial charge in [0.1, 0.15) is 5.75 Å². The van der Waals surface area contributed by atoms with E-state index in [1.807, 2.05) is 0 Å². The molecule has 0 N–H and O–H groups in total. The molecule has 0 atom stereocenters. The molecule has 8 heteroatoms. The first kappa shape index (κ1) is 13.7. The molecule has 0 aliphatic carbocycles. The van der Waals surface area contributed by atoms with Crippen molar-refractivity contribution in [3.63, 3.8) is 0 Å². The molecule has 0 spiro atoms. The van der Waals surface area contributed by atoms with E-state index in [0.29, 0.717) is 9.50 Å². The van der Waals surface area contributed by atoms with Gasteiger partial charge in [-0.25, -0.2) is 4.98 Å². The number of nitro benzene ring substituents is 1. The summed E-state index contributed by atoms with van der Waals surface area (Å²) >= 11 is 8.90. The Morgan fingerprint density at radius 2 is 2.16 bits per heavy atom. The monoisotopic (exact) mass is 346 g/mol. The average molecular weight is 348 g/mol. The standard InChI is InChI=1S/C11H5BrClFN2O3/c12-8-3-6(13)5-15-11(8)19-7-1-2-10(16(17)18)9(14)4-7/h1-5H. The molecule has 1 heterocycles. The second-order valence-corrected chi connectivity index (χ2v) is 4.70. The minimum absolute atomic E-state index is 0.0959. The number of hydrogen-bond donors (Lipinski definition) is 0. The van der Waals surface area contributed by atoms with Crippen LogP contribution in [0.25, 0.3) is 0 Å². The summed E-state index contributed by atoms with van der Waals surface area (Å²) in [5.41, 5.74) is -0.615. The van der Waals surface area contributed by atoms with Crippen molar-refractivity contribution in [2.45, 2.75) is 0 Å². The summed E-state index contributed by atoms with van der Waals surface area (Å²) in [5.74, 6) is -0.705. The number of rotatable bonds is 3. The maximum Gasteiger partial charge on any atom is 0.305 e. The summed E-state index contributed by atoms with van der Waals surface area (Å²) in [6, 6.07) is 4.78. The number of aromatic nitrogens is 1. The number of ether oxygens (including phenoxy) is 1. The number of benzene rings is 1. The third-order valence-corrected chi connectivity index (χ3v) is 2.88. The fourth-order valence-corrected chi connectivity index (χ4v) is 2.01. The highest BCUT2D eigenvalue weighted by atomic mass is 79.9. The van der Waals surface area contributed by atoms with Crippen LogP contribution in [0.3, 0.4) is 0 Å². The van der Waals surface area contributed by atoms with E-state index in [4.69, 9.17) is 16.3 Å². The van der Waals surface area contributed by atoms with Gasteiger partial charge in [-0.05, 0) is 28.1 Å². The minimum atomic E-state index is -0.979. The number of nitro groups is 1. The number of hydrogen-bond acceptors (Lipinski definition) is 4. The molecular formula is C11H5BrClFN2O3. The fourth-order valence-electron chi connectivity index (χ4n) is 1.29. The Kier molecular flexibility index (Phi) is 3.96. The zero-order valence-corrected chi connectivity index (χ0v) is 11.5. The summed E-state index contributed by atoms with van der Waals surface area (Å²) in [6.07, 6.45) is 1.36. The van der Waals surface area contributed by atoms with Crippen molar-refractivity contribution in [1.82, 2.24) is 4.98 Å². The molecule has 1 aromatic carbocycles. The number of halogens is 3. The normalized spacial score (nSPS) is 10.3. The van der Waals surface area contributed by atoms with Crippen LogP contribution in [-0.2, 0) is 0 Å². The van der Waals surface area contributed by atoms with Gasteiger partial charge in [-0.3, -0.25) is 10.1 Å². The summed E-state index contributed by atoms with van der Waals surface area (Å²) in [4.78, 5) is 13.6. The third kappa shape index (κ3) is 3.18. The zero-order chi connectivity index (χ0) is 14.0. The van der Waals surface area contributed by atoms with Crippen LogP contribution in [0.4, 0.5) is 10.1 Å². The summed E-state index contributed by atoms with van der Waals surface area (Å²) < 4.78 is 19.2. The second-order valence-electron chi connectivity index (χ2n) is 3.41. The molecule has 0 bridgehead atoms. The van der Waals surface area contributed by atoms with Crippen LogP contribution in [-0.4, -0.2) is 9.91 Å². The average Bonchev–Trinajstić information content (AvgIpc) is 2.32. The SMILES string of the molecule is O=[N+]([O-])c1ccc(Oc2ncc(Cl)cc2Br)cc1F. The van der Waals surface area contributed by atoms with Crippen LogP contribution in [0.2, 0.25) is 5.02 Å². The maximum atomic E-state index is 13.4. The topological polar surface area (TPSA) is 65.3 Å². The van der Waals surface area contributed by atoms with E-state index in [2.05, 4.69) is 20.9 Å². The molecular weight excluding hydrogens is 342 g/mol. The molecule has 0 radical (unpaired) electrons. The highest BCUT2D eigenvalue weighted by molar-refractivity contribution is 9.10. The lowest BCUT2D eigenvalue weighted by Gasteiger charge is -2.06. The maximum absolute atomic E-state index is 13.4. The highest BCUT2D eigenvalue weighted by Gasteiger charge is 2.15. The molecule has 2 rings (SSSR count). The summed E-state index contributed by atoms with van der Waals surface area (Å²) in [5, 5.41) is 10.9. The predicted octanol–water partition coefficient (Wildman–Crippen LogP) is 4.34. The van der Waals surface area contributed by atoms with Crippen LogP contribution in [0.1, 0.15) is 0 Å². The van der Waals surface area contributed by atoms with Crippen molar-refractivity contribution < 1.29 is 14.1 Å². The van der Waals surface area contributed by atoms with Gasteiger partial charge in [0.25, 0.3) is 0 Å². The zero-order valence-electron chi connectivity index (χ0n) is 9.14. The molecule has 0 saturated carbocycles. The lowest BCUT2D eigenvalue weighted by molar-refractivity contribution is -0.387. The summed E-state index contributed by atoms with van der Waals surface area (Å²) in [7, 11) is 0. The third-order valence-electron chi connectivity index (χ3n) is 2.10. The Morgan fingerprint density at radius 3 is 2.74 bits per heavy atom. The van der Waals surface area contributed by atoms with Crippen molar-refractivity contribution in [2.75, 3.05) is 0 Å². The minimum Gasteiger partial charge on any atom is -0.438 e. The van der Waals surface area contributed by atoms with Gasteiger partial charge in [0.2, 0.25) is 11.7 Å². The van der Waals surface area contributed by atoms with E-state index < -0.39 is 16.4 Å². The van der Waals surface area contributed by atoms with Crippen molar-refractivity contribution in [2.24, 2.45) is 0 Å². The van der Waals surface area contributed by atoms with Crippen molar-refractivity contribution in [3.05, 3.63) is 55.9 Å². The molecule has 0 fully saturated rings. The molecule has 2 aromatic rings. The van der Waals surface area contributed by atoms with Crippen LogP contribution in [0.15, 0.2) is 34.9 Å². The van der Waals surface area contributed by atoms with Gasteiger partial charge >= 0.3 is 5.69 Å². The number of nitrogens with zero attached hydrogens (tertiary/aromatic N) is 2. The molecule has 0 saturated heterocycles. The largest absolute Gasteiger partial charge is 0.438 e. The van der Waals surface area contributed by atoms with Crippen molar-refractivity contribution in [3.8, 4) is 11.6 Å². The first-order valence-corrected chi connectivity index (χ1v) is 6.07. The molecule has 0 amide bonds. The van der Waals surface area contributed by atoms with E-state index in [0.717, 1.165) is 12.1 Å². The van der Waals surface area contributed by atoms with Gasteiger partial charge in [-0.2, -0.15) is 4.39 Å². The molecule has 0 unspecified atom stereocenters. The first-order valence-electron chi connectivity index (χ1n) is 4.90. The molecule has 19 heavy (non-hydrogen) atoms. The van der Waals surface area contributed by atoms with Gasteiger partial charge in [-0.15, -0.1) is 0 Å².